The first-order valence-electron chi connectivity index (χ1n) is 8.45. The molecule has 2 aromatic rings. The third-order valence-electron chi connectivity index (χ3n) is 5.17. The topological polar surface area (TPSA) is 71.6 Å². The molecule has 4 rings (SSSR count). The van der Waals surface area contributed by atoms with Gasteiger partial charge in [-0.1, -0.05) is 30.0 Å². The fourth-order valence-electron chi connectivity index (χ4n) is 3.82. The molecule has 2 aliphatic rings. The minimum atomic E-state index is -0.574. The largest absolute Gasteiger partial charge is 0.379 e. The van der Waals surface area contributed by atoms with Gasteiger partial charge in [0.1, 0.15) is 5.54 Å². The number of carbonyl (C=O) groups excluding carboxylic acids is 1. The van der Waals surface area contributed by atoms with Gasteiger partial charge in [-0.2, -0.15) is 4.39 Å². The van der Waals surface area contributed by atoms with Crippen molar-refractivity contribution in [2.75, 3.05) is 18.8 Å². The van der Waals surface area contributed by atoms with Crippen LogP contribution in [0.3, 0.4) is 0 Å². The number of benzene rings is 1. The maximum absolute atomic E-state index is 14.1. The molecule has 134 valence electrons. The zero-order valence-electron chi connectivity index (χ0n) is 14.4. The van der Waals surface area contributed by atoms with Crippen LogP contribution in [0.15, 0.2) is 47.6 Å². The average Bonchev–Trinajstić information content (AvgIpc) is 3.02. The molecule has 7 heteroatoms. The van der Waals surface area contributed by atoms with Crippen molar-refractivity contribution in [3.05, 3.63) is 54.1 Å². The highest BCUT2D eigenvalue weighted by Crippen LogP contribution is 2.46. The Bertz CT molecular complexity index is 903. The molecule has 2 N–H and O–H groups in total. The van der Waals surface area contributed by atoms with Crippen LogP contribution >= 0.6 is 11.8 Å². The van der Waals surface area contributed by atoms with Gasteiger partial charge in [0.15, 0.2) is 5.17 Å². The van der Waals surface area contributed by atoms with E-state index in [2.05, 4.69) is 4.98 Å². The Morgan fingerprint density at radius 1 is 1.38 bits per heavy atom. The van der Waals surface area contributed by atoms with Crippen molar-refractivity contribution < 1.29 is 9.18 Å². The highest BCUT2D eigenvalue weighted by Gasteiger charge is 2.50. The highest BCUT2D eigenvalue weighted by molar-refractivity contribution is 8.13. The van der Waals surface area contributed by atoms with Gasteiger partial charge in [0.2, 0.25) is 11.9 Å². The number of hydrogen-bond donors (Lipinski definition) is 1. The van der Waals surface area contributed by atoms with Gasteiger partial charge in [-0.25, -0.2) is 9.98 Å². The molecule has 1 aromatic carbocycles. The maximum Gasteiger partial charge on any atom is 0.220 e. The SMILES string of the molecule is CC(=O)N1C[C@H]2CSC(N)=N[C@@]2(c2cccc(-c3cccnc3F)c2)C1. The standard InChI is InChI=1S/C19H19FN4OS/c1-12(25)24-9-15-10-26-18(21)23-19(15,11-24)14-5-2-4-13(8-14)16-6-3-7-22-17(16)20/h2-8,15H,9-11H2,1H3,(H2,21,23)/t15-,19+/m0/s1. The Morgan fingerprint density at radius 2 is 2.23 bits per heavy atom. The second kappa shape index (κ2) is 6.39. The summed E-state index contributed by atoms with van der Waals surface area (Å²) in [6.45, 7) is 2.73. The molecular formula is C19H19FN4OS. The number of rotatable bonds is 2. The van der Waals surface area contributed by atoms with Crippen molar-refractivity contribution in [3.8, 4) is 11.1 Å². The molecule has 1 saturated heterocycles. The predicted octanol–water partition coefficient (Wildman–Crippen LogP) is 2.62. The molecule has 3 heterocycles. The summed E-state index contributed by atoms with van der Waals surface area (Å²) in [7, 11) is 0. The quantitative estimate of drug-likeness (QED) is 0.825. The molecule has 0 saturated carbocycles. The molecule has 5 nitrogen and oxygen atoms in total. The van der Waals surface area contributed by atoms with E-state index in [1.54, 1.807) is 19.1 Å². The van der Waals surface area contributed by atoms with Crippen LogP contribution in [0.1, 0.15) is 12.5 Å². The van der Waals surface area contributed by atoms with E-state index in [-0.39, 0.29) is 11.8 Å². The number of aliphatic imine (C=N–C) groups is 1. The molecule has 2 aliphatic heterocycles. The number of fused-ring (bicyclic) bond motifs is 1. The second-order valence-electron chi connectivity index (χ2n) is 6.70. The maximum atomic E-state index is 14.1. The summed E-state index contributed by atoms with van der Waals surface area (Å²) in [6, 6.07) is 11.1. The zero-order chi connectivity index (χ0) is 18.3. The Labute approximate surface area is 155 Å². The number of pyridine rings is 1. The lowest BCUT2D eigenvalue weighted by molar-refractivity contribution is -0.128. The van der Waals surface area contributed by atoms with E-state index in [0.717, 1.165) is 16.9 Å². The highest BCUT2D eigenvalue weighted by atomic mass is 32.2. The fraction of sp³-hybridized carbons (Fsp3) is 0.316. The molecule has 1 aromatic heterocycles. The lowest BCUT2D eigenvalue weighted by atomic mass is 9.81. The van der Waals surface area contributed by atoms with E-state index in [1.807, 2.05) is 29.2 Å². The number of halogens is 1. The molecule has 0 bridgehead atoms. The number of amidine groups is 1. The van der Waals surface area contributed by atoms with Gasteiger partial charge in [0.05, 0.1) is 6.54 Å². The number of likely N-dealkylation sites (tertiary alicyclic amines) is 1. The van der Waals surface area contributed by atoms with Crippen LogP contribution in [0.2, 0.25) is 0 Å². The van der Waals surface area contributed by atoms with Gasteiger partial charge in [0, 0.05) is 36.9 Å². The number of aromatic nitrogens is 1. The van der Waals surface area contributed by atoms with E-state index in [9.17, 15) is 9.18 Å². The lowest BCUT2D eigenvalue weighted by Crippen LogP contribution is -2.40. The molecule has 0 aliphatic carbocycles. The molecule has 1 amide bonds. The van der Waals surface area contributed by atoms with Gasteiger partial charge < -0.3 is 10.6 Å². The molecule has 2 atom stereocenters. The molecule has 0 radical (unpaired) electrons. The summed E-state index contributed by atoms with van der Waals surface area (Å²) < 4.78 is 14.1. The molecule has 1 fully saturated rings. The van der Waals surface area contributed by atoms with Crippen molar-refractivity contribution in [1.29, 1.82) is 0 Å². The summed E-state index contributed by atoms with van der Waals surface area (Å²) in [4.78, 5) is 22.3. The average molecular weight is 370 g/mol. The third kappa shape index (κ3) is 2.76. The first kappa shape index (κ1) is 17.0. The minimum Gasteiger partial charge on any atom is -0.379 e. The summed E-state index contributed by atoms with van der Waals surface area (Å²) in [6.07, 6.45) is 1.43. The number of nitrogens with zero attached hydrogens (tertiary/aromatic N) is 3. The smallest absolute Gasteiger partial charge is 0.220 e. The second-order valence-corrected chi connectivity index (χ2v) is 7.74. The van der Waals surface area contributed by atoms with Crippen LogP contribution in [-0.4, -0.2) is 39.8 Å². The van der Waals surface area contributed by atoms with Crippen LogP contribution in [0.25, 0.3) is 11.1 Å². The van der Waals surface area contributed by atoms with Crippen molar-refractivity contribution >= 4 is 22.8 Å². The summed E-state index contributed by atoms with van der Waals surface area (Å²) in [5.74, 6) is 0.521. The van der Waals surface area contributed by atoms with Gasteiger partial charge in [0.25, 0.3) is 0 Å². The van der Waals surface area contributed by atoms with E-state index in [1.165, 1.54) is 18.0 Å². The van der Waals surface area contributed by atoms with Gasteiger partial charge >= 0.3 is 0 Å². The lowest BCUT2D eigenvalue weighted by Gasteiger charge is -2.34. The zero-order valence-corrected chi connectivity index (χ0v) is 15.2. The van der Waals surface area contributed by atoms with Gasteiger partial charge in [-0.15, -0.1) is 0 Å². The number of carbonyl (C=O) groups is 1. The molecule has 0 spiro atoms. The van der Waals surface area contributed by atoms with Crippen molar-refractivity contribution in [1.82, 2.24) is 9.88 Å². The fourth-order valence-corrected chi connectivity index (χ4v) is 4.80. The summed E-state index contributed by atoms with van der Waals surface area (Å²) in [5, 5.41) is 0.532. The van der Waals surface area contributed by atoms with Crippen molar-refractivity contribution in [2.24, 2.45) is 16.6 Å². The Hall–Kier alpha value is -2.41. The van der Waals surface area contributed by atoms with Gasteiger partial charge in [-0.05, 0) is 29.3 Å². The van der Waals surface area contributed by atoms with Crippen LogP contribution in [-0.2, 0) is 10.3 Å². The monoisotopic (exact) mass is 370 g/mol. The normalized spacial score (nSPS) is 24.9. The van der Waals surface area contributed by atoms with Crippen molar-refractivity contribution in [3.63, 3.8) is 0 Å². The van der Waals surface area contributed by atoms with Crippen LogP contribution in [0.5, 0.6) is 0 Å². The van der Waals surface area contributed by atoms with E-state index in [4.69, 9.17) is 10.7 Å². The first-order valence-corrected chi connectivity index (χ1v) is 9.43. The third-order valence-corrected chi connectivity index (χ3v) is 6.12. The molecule has 0 unspecified atom stereocenters. The number of hydrogen-bond acceptors (Lipinski definition) is 5. The summed E-state index contributed by atoms with van der Waals surface area (Å²) >= 11 is 1.52. The van der Waals surface area contributed by atoms with E-state index < -0.39 is 11.5 Å². The number of nitrogens with two attached hydrogens (primary N) is 1. The summed E-state index contributed by atoms with van der Waals surface area (Å²) in [5.41, 5.74) is 7.62. The Kier molecular flexibility index (Phi) is 4.19. The number of amides is 1. The predicted molar refractivity (Wildman–Crippen MR) is 101 cm³/mol. The van der Waals surface area contributed by atoms with Crippen molar-refractivity contribution in [2.45, 2.75) is 12.5 Å². The van der Waals surface area contributed by atoms with E-state index >= 15 is 0 Å². The van der Waals surface area contributed by atoms with Crippen LogP contribution < -0.4 is 5.73 Å². The Morgan fingerprint density at radius 3 is 3.00 bits per heavy atom. The first-order chi connectivity index (χ1) is 12.5. The molecular weight excluding hydrogens is 351 g/mol. The van der Waals surface area contributed by atoms with E-state index in [0.29, 0.717) is 23.8 Å². The van der Waals surface area contributed by atoms with Gasteiger partial charge in [-0.3, -0.25) is 4.79 Å². The number of thioether (sulfide) groups is 1. The van der Waals surface area contributed by atoms with Crippen LogP contribution in [0, 0.1) is 11.9 Å². The minimum absolute atomic E-state index is 0.0343. The van der Waals surface area contributed by atoms with Crippen LogP contribution in [0.4, 0.5) is 4.39 Å². The molecule has 26 heavy (non-hydrogen) atoms. The Balaban J connectivity index is 1.82.